The standard InChI is InChI=1S/C12H16BrN3O3/c1-7(2)11(12(17)14-3)15-9-5-4-8(13)6-10(9)16(18)19/h4-7,11,15H,1-3H3,(H,14,17). The number of nitrogens with one attached hydrogen (secondary N) is 2. The quantitative estimate of drug-likeness (QED) is 0.642. The van der Waals surface area contributed by atoms with Gasteiger partial charge in [-0.25, -0.2) is 0 Å². The average Bonchev–Trinajstić information content (AvgIpc) is 2.35. The van der Waals surface area contributed by atoms with E-state index in [1.54, 1.807) is 12.1 Å². The Labute approximate surface area is 119 Å². The van der Waals surface area contributed by atoms with Gasteiger partial charge in [-0.3, -0.25) is 14.9 Å². The number of benzene rings is 1. The van der Waals surface area contributed by atoms with Gasteiger partial charge < -0.3 is 10.6 Å². The van der Waals surface area contributed by atoms with Crippen LogP contribution in [0, 0.1) is 16.0 Å². The van der Waals surface area contributed by atoms with Crippen molar-refractivity contribution < 1.29 is 9.72 Å². The number of rotatable bonds is 5. The van der Waals surface area contributed by atoms with Crippen LogP contribution in [0.15, 0.2) is 22.7 Å². The van der Waals surface area contributed by atoms with E-state index in [9.17, 15) is 14.9 Å². The number of amides is 1. The SMILES string of the molecule is CNC(=O)C(Nc1ccc(Br)cc1[N+](=O)[O-])C(C)C. The molecular formula is C12H16BrN3O3. The minimum Gasteiger partial charge on any atom is -0.368 e. The normalized spacial score (nSPS) is 12.1. The third-order valence-corrected chi connectivity index (χ3v) is 3.16. The Morgan fingerprint density at radius 1 is 1.42 bits per heavy atom. The van der Waals surface area contributed by atoms with Crippen molar-refractivity contribution in [2.75, 3.05) is 12.4 Å². The van der Waals surface area contributed by atoms with E-state index >= 15 is 0 Å². The molecule has 104 valence electrons. The van der Waals surface area contributed by atoms with Crippen LogP contribution in [0.1, 0.15) is 13.8 Å². The number of carbonyl (C=O) groups excluding carboxylic acids is 1. The van der Waals surface area contributed by atoms with Crippen LogP contribution in [0.4, 0.5) is 11.4 Å². The van der Waals surface area contributed by atoms with E-state index in [1.807, 2.05) is 13.8 Å². The first kappa shape index (κ1) is 15.4. The van der Waals surface area contributed by atoms with Gasteiger partial charge in [-0.1, -0.05) is 29.8 Å². The van der Waals surface area contributed by atoms with Crippen LogP contribution in [-0.2, 0) is 4.79 Å². The minimum atomic E-state index is -0.523. The van der Waals surface area contributed by atoms with Crippen LogP contribution < -0.4 is 10.6 Å². The van der Waals surface area contributed by atoms with Gasteiger partial charge in [0.05, 0.1) is 4.92 Å². The Hall–Kier alpha value is -1.63. The summed E-state index contributed by atoms with van der Waals surface area (Å²) in [5.74, 6) is -0.199. The number of halogens is 1. The van der Waals surface area contributed by atoms with Crippen molar-refractivity contribution in [1.82, 2.24) is 5.32 Å². The highest BCUT2D eigenvalue weighted by molar-refractivity contribution is 9.10. The Morgan fingerprint density at radius 3 is 2.53 bits per heavy atom. The van der Waals surface area contributed by atoms with Crippen LogP contribution in [0.25, 0.3) is 0 Å². The zero-order valence-electron chi connectivity index (χ0n) is 10.9. The van der Waals surface area contributed by atoms with Crippen molar-refractivity contribution in [2.24, 2.45) is 5.92 Å². The zero-order chi connectivity index (χ0) is 14.6. The summed E-state index contributed by atoms with van der Waals surface area (Å²) in [5.41, 5.74) is 0.263. The zero-order valence-corrected chi connectivity index (χ0v) is 12.5. The molecule has 0 fully saturated rings. The lowest BCUT2D eigenvalue weighted by atomic mass is 10.0. The number of nitrogens with zero attached hydrogens (tertiary/aromatic N) is 1. The molecule has 0 heterocycles. The third kappa shape index (κ3) is 3.92. The molecule has 0 aliphatic rings. The molecule has 0 aliphatic heterocycles. The summed E-state index contributed by atoms with van der Waals surface area (Å²) in [4.78, 5) is 22.3. The monoisotopic (exact) mass is 329 g/mol. The van der Waals surface area contributed by atoms with Crippen LogP contribution in [0.3, 0.4) is 0 Å². The first-order chi connectivity index (χ1) is 8.86. The molecule has 1 rings (SSSR count). The Morgan fingerprint density at radius 2 is 2.05 bits per heavy atom. The molecule has 0 radical (unpaired) electrons. The molecule has 6 nitrogen and oxygen atoms in total. The molecule has 7 heteroatoms. The first-order valence-corrected chi connectivity index (χ1v) is 6.58. The second-order valence-electron chi connectivity index (χ2n) is 4.40. The topological polar surface area (TPSA) is 84.3 Å². The van der Waals surface area contributed by atoms with Gasteiger partial charge in [0.2, 0.25) is 5.91 Å². The number of anilines is 1. The fourth-order valence-corrected chi connectivity index (χ4v) is 1.98. The van der Waals surface area contributed by atoms with Crippen LogP contribution in [-0.4, -0.2) is 23.9 Å². The van der Waals surface area contributed by atoms with E-state index in [0.29, 0.717) is 10.2 Å². The molecule has 0 bridgehead atoms. The van der Waals surface area contributed by atoms with Crippen molar-refractivity contribution in [3.8, 4) is 0 Å². The summed E-state index contributed by atoms with van der Waals surface area (Å²) in [7, 11) is 1.54. The van der Waals surface area contributed by atoms with E-state index in [-0.39, 0.29) is 17.5 Å². The Bertz CT molecular complexity index is 491. The number of hydrogen-bond donors (Lipinski definition) is 2. The molecule has 1 aromatic carbocycles. The van der Waals surface area contributed by atoms with Crippen LogP contribution >= 0.6 is 15.9 Å². The van der Waals surface area contributed by atoms with E-state index in [1.165, 1.54) is 13.1 Å². The van der Waals surface area contributed by atoms with Gasteiger partial charge in [-0.15, -0.1) is 0 Å². The fraction of sp³-hybridized carbons (Fsp3) is 0.417. The van der Waals surface area contributed by atoms with Crippen molar-refractivity contribution in [3.63, 3.8) is 0 Å². The largest absolute Gasteiger partial charge is 0.368 e. The smallest absolute Gasteiger partial charge is 0.293 e. The second kappa shape index (κ2) is 6.51. The van der Waals surface area contributed by atoms with Crippen molar-refractivity contribution in [1.29, 1.82) is 0 Å². The maximum atomic E-state index is 11.8. The van der Waals surface area contributed by atoms with Gasteiger partial charge >= 0.3 is 0 Å². The average molecular weight is 330 g/mol. The predicted molar refractivity (Wildman–Crippen MR) is 77.1 cm³/mol. The molecule has 1 atom stereocenters. The number of hydrogen-bond acceptors (Lipinski definition) is 4. The molecule has 1 aromatic rings. The maximum Gasteiger partial charge on any atom is 0.293 e. The van der Waals surface area contributed by atoms with Crippen molar-refractivity contribution in [2.45, 2.75) is 19.9 Å². The Kier molecular flexibility index (Phi) is 5.29. The summed E-state index contributed by atoms with van der Waals surface area (Å²) >= 11 is 3.19. The number of nitro benzene ring substituents is 1. The fourth-order valence-electron chi connectivity index (χ4n) is 1.64. The molecule has 0 spiro atoms. The van der Waals surface area contributed by atoms with Gasteiger partial charge in [0, 0.05) is 17.6 Å². The van der Waals surface area contributed by atoms with Crippen molar-refractivity contribution >= 4 is 33.2 Å². The van der Waals surface area contributed by atoms with E-state index in [2.05, 4.69) is 26.6 Å². The summed E-state index contributed by atoms with van der Waals surface area (Å²) < 4.78 is 0.616. The third-order valence-electron chi connectivity index (χ3n) is 2.66. The first-order valence-electron chi connectivity index (χ1n) is 5.79. The lowest BCUT2D eigenvalue weighted by Crippen LogP contribution is -2.41. The molecule has 2 N–H and O–H groups in total. The van der Waals surface area contributed by atoms with Gasteiger partial charge in [0.1, 0.15) is 11.7 Å². The molecule has 0 aliphatic carbocycles. The molecule has 1 unspecified atom stereocenters. The van der Waals surface area contributed by atoms with Gasteiger partial charge in [-0.05, 0) is 18.1 Å². The number of likely N-dealkylation sites (N-methyl/N-ethyl adjacent to an activating group) is 1. The highest BCUT2D eigenvalue weighted by Crippen LogP contribution is 2.29. The molecular weight excluding hydrogens is 314 g/mol. The molecule has 1 amide bonds. The predicted octanol–water partition coefficient (Wildman–Crippen LogP) is 2.54. The van der Waals surface area contributed by atoms with Crippen LogP contribution in [0.2, 0.25) is 0 Å². The van der Waals surface area contributed by atoms with E-state index < -0.39 is 11.0 Å². The van der Waals surface area contributed by atoms with Gasteiger partial charge in [-0.2, -0.15) is 0 Å². The van der Waals surface area contributed by atoms with Gasteiger partial charge in [0.25, 0.3) is 5.69 Å². The van der Waals surface area contributed by atoms with Crippen LogP contribution in [0.5, 0.6) is 0 Å². The van der Waals surface area contributed by atoms with E-state index in [0.717, 1.165) is 0 Å². The highest BCUT2D eigenvalue weighted by Gasteiger charge is 2.24. The summed E-state index contributed by atoms with van der Waals surface area (Å²) in [6.07, 6.45) is 0. The summed E-state index contributed by atoms with van der Waals surface area (Å²) in [6.45, 7) is 3.75. The molecule has 0 saturated heterocycles. The summed E-state index contributed by atoms with van der Waals surface area (Å²) in [5, 5.41) is 16.5. The summed E-state index contributed by atoms with van der Waals surface area (Å²) in [6, 6.07) is 4.16. The lowest BCUT2D eigenvalue weighted by molar-refractivity contribution is -0.384. The highest BCUT2D eigenvalue weighted by atomic mass is 79.9. The van der Waals surface area contributed by atoms with E-state index in [4.69, 9.17) is 0 Å². The lowest BCUT2D eigenvalue weighted by Gasteiger charge is -2.21. The van der Waals surface area contributed by atoms with Gasteiger partial charge in [0.15, 0.2) is 0 Å². The molecule has 19 heavy (non-hydrogen) atoms. The maximum absolute atomic E-state index is 11.8. The second-order valence-corrected chi connectivity index (χ2v) is 5.31. The van der Waals surface area contributed by atoms with Crippen molar-refractivity contribution in [3.05, 3.63) is 32.8 Å². The number of carbonyl (C=O) groups is 1. The number of nitro groups is 1. The molecule has 0 aromatic heterocycles. The Balaban J connectivity index is 3.09. The minimum absolute atomic E-state index is 0.00296. The molecule has 0 saturated carbocycles.